The Balaban J connectivity index is 1.29. The van der Waals surface area contributed by atoms with Gasteiger partial charge in [0.05, 0.1) is 29.9 Å². The van der Waals surface area contributed by atoms with Crippen LogP contribution in [0.1, 0.15) is 41.6 Å². The second-order valence-corrected chi connectivity index (χ2v) is 9.61. The number of carboxylic acid groups (broad SMARTS) is 1. The molecule has 1 N–H and O–H groups in total. The van der Waals surface area contributed by atoms with Crippen molar-refractivity contribution >= 4 is 22.8 Å². The summed E-state index contributed by atoms with van der Waals surface area (Å²) in [6.45, 7) is 3.82. The molecule has 3 heterocycles. The van der Waals surface area contributed by atoms with Crippen molar-refractivity contribution in [3.05, 3.63) is 65.7 Å². The number of carbonyl (C=O) groups excluding carboxylic acids is 1. The lowest BCUT2D eigenvalue weighted by atomic mass is 9.96. The summed E-state index contributed by atoms with van der Waals surface area (Å²) in [5.41, 5.74) is 3.04. The molecule has 1 atom stereocenters. The number of aromatic carboxylic acids is 1. The summed E-state index contributed by atoms with van der Waals surface area (Å²) in [7, 11) is 0. The highest BCUT2D eigenvalue weighted by Gasteiger charge is 2.28. The van der Waals surface area contributed by atoms with Crippen molar-refractivity contribution in [1.82, 2.24) is 14.8 Å². The number of fused-ring (bicyclic) bond motifs is 1. The zero-order valence-corrected chi connectivity index (χ0v) is 21.0. The summed E-state index contributed by atoms with van der Waals surface area (Å²) < 4.78 is 11.4. The number of hydrogen-bond donors (Lipinski definition) is 1. The molecule has 2 aliphatic heterocycles. The van der Waals surface area contributed by atoms with Crippen LogP contribution in [0.4, 0.5) is 0 Å². The van der Waals surface area contributed by atoms with Crippen LogP contribution in [-0.2, 0) is 20.8 Å². The molecule has 0 bridgehead atoms. The van der Waals surface area contributed by atoms with Gasteiger partial charge in [0.15, 0.2) is 6.29 Å². The van der Waals surface area contributed by atoms with Crippen molar-refractivity contribution in [2.24, 2.45) is 0 Å². The Morgan fingerprint density at radius 1 is 1.08 bits per heavy atom. The molecule has 0 spiro atoms. The van der Waals surface area contributed by atoms with E-state index in [0.29, 0.717) is 54.9 Å². The summed E-state index contributed by atoms with van der Waals surface area (Å²) in [4.78, 5) is 34.2. The second kappa shape index (κ2) is 11.8. The number of carboxylic acids is 1. The average molecular weight is 504 g/mol. The largest absolute Gasteiger partial charge is 0.478 e. The van der Waals surface area contributed by atoms with Gasteiger partial charge in [0, 0.05) is 49.3 Å². The van der Waals surface area contributed by atoms with Crippen molar-refractivity contribution in [1.29, 1.82) is 0 Å². The number of nitrogens with zero attached hydrogens (tertiary/aromatic N) is 3. The normalized spacial score (nSPS) is 18.9. The Labute approximate surface area is 216 Å². The van der Waals surface area contributed by atoms with E-state index in [1.165, 1.54) is 0 Å². The number of aromatic nitrogens is 1. The molecular formula is C29H33N3O5. The number of ether oxygens (including phenoxy) is 2. The molecule has 3 aromatic rings. The Hall–Kier alpha value is -3.33. The van der Waals surface area contributed by atoms with Gasteiger partial charge in [-0.2, -0.15) is 0 Å². The van der Waals surface area contributed by atoms with Crippen molar-refractivity contribution in [3.63, 3.8) is 0 Å². The molecule has 1 aromatic heterocycles. The third-order valence-electron chi connectivity index (χ3n) is 7.05. The SMILES string of the molecule is O=C(O)c1c(CN2CCN(CCCOC3CCCCO3)C(=O)C2)c(-c2ccccc2)nc2ccccc12. The van der Waals surface area contributed by atoms with Gasteiger partial charge in [0.25, 0.3) is 0 Å². The lowest BCUT2D eigenvalue weighted by molar-refractivity contribution is -0.163. The van der Waals surface area contributed by atoms with Crippen molar-refractivity contribution < 1.29 is 24.2 Å². The monoisotopic (exact) mass is 503 g/mol. The number of pyridine rings is 1. The lowest BCUT2D eigenvalue weighted by Gasteiger charge is -2.35. The van der Waals surface area contributed by atoms with Gasteiger partial charge in [-0.25, -0.2) is 9.78 Å². The van der Waals surface area contributed by atoms with Gasteiger partial charge in [-0.15, -0.1) is 0 Å². The molecule has 5 rings (SSSR count). The van der Waals surface area contributed by atoms with Crippen LogP contribution in [-0.4, -0.2) is 77.4 Å². The minimum Gasteiger partial charge on any atom is -0.478 e. The first kappa shape index (κ1) is 25.3. The van der Waals surface area contributed by atoms with Gasteiger partial charge in [-0.1, -0.05) is 48.5 Å². The molecule has 0 saturated carbocycles. The van der Waals surface area contributed by atoms with Crippen LogP contribution >= 0.6 is 0 Å². The van der Waals surface area contributed by atoms with E-state index >= 15 is 0 Å². The minimum absolute atomic E-state index is 0.0482. The molecule has 2 saturated heterocycles. The van der Waals surface area contributed by atoms with E-state index in [2.05, 4.69) is 0 Å². The lowest BCUT2D eigenvalue weighted by Crippen LogP contribution is -2.50. The number of carbonyl (C=O) groups is 2. The fraction of sp³-hybridized carbons (Fsp3) is 0.414. The van der Waals surface area contributed by atoms with E-state index in [9.17, 15) is 14.7 Å². The van der Waals surface area contributed by atoms with Gasteiger partial charge in [0.2, 0.25) is 5.91 Å². The molecule has 1 amide bonds. The maximum Gasteiger partial charge on any atom is 0.336 e. The fourth-order valence-corrected chi connectivity index (χ4v) is 5.15. The third-order valence-corrected chi connectivity index (χ3v) is 7.05. The molecule has 8 heteroatoms. The predicted octanol–water partition coefficient (Wildman–Crippen LogP) is 4.18. The van der Waals surface area contributed by atoms with E-state index in [0.717, 1.165) is 37.9 Å². The fourth-order valence-electron chi connectivity index (χ4n) is 5.15. The molecule has 8 nitrogen and oxygen atoms in total. The standard InChI is InChI=1S/C29H33N3O5/c33-25-20-31(15-16-32(25)14-8-18-37-26-13-6-7-17-36-26)19-23-27(29(34)35)22-11-4-5-12-24(22)30-28(23)21-9-2-1-3-10-21/h1-5,9-12,26H,6-8,13-20H2,(H,34,35). The Kier molecular flexibility index (Phi) is 8.08. The van der Waals surface area contributed by atoms with Crippen LogP contribution < -0.4 is 0 Å². The highest BCUT2D eigenvalue weighted by Crippen LogP contribution is 2.31. The van der Waals surface area contributed by atoms with Gasteiger partial charge in [-0.3, -0.25) is 9.69 Å². The number of piperazine rings is 1. The van der Waals surface area contributed by atoms with Gasteiger partial charge in [0.1, 0.15) is 0 Å². The summed E-state index contributed by atoms with van der Waals surface area (Å²) >= 11 is 0. The first-order valence-electron chi connectivity index (χ1n) is 13.0. The summed E-state index contributed by atoms with van der Waals surface area (Å²) in [6, 6.07) is 17.0. The van der Waals surface area contributed by atoms with Gasteiger partial charge < -0.3 is 19.5 Å². The van der Waals surface area contributed by atoms with E-state index in [-0.39, 0.29) is 24.3 Å². The molecule has 2 fully saturated rings. The molecule has 1 unspecified atom stereocenters. The van der Waals surface area contributed by atoms with E-state index in [1.807, 2.05) is 58.3 Å². The van der Waals surface area contributed by atoms with Crippen molar-refractivity contribution in [3.8, 4) is 11.3 Å². The Bertz CT molecular complexity index is 1240. The zero-order chi connectivity index (χ0) is 25.6. The van der Waals surface area contributed by atoms with Gasteiger partial charge in [-0.05, 0) is 31.7 Å². The second-order valence-electron chi connectivity index (χ2n) is 9.61. The number of hydrogen-bond acceptors (Lipinski definition) is 6. The molecule has 2 aliphatic rings. The van der Waals surface area contributed by atoms with Gasteiger partial charge >= 0.3 is 5.97 Å². The average Bonchev–Trinajstić information content (AvgIpc) is 2.92. The first-order valence-corrected chi connectivity index (χ1v) is 13.0. The Morgan fingerprint density at radius 2 is 1.89 bits per heavy atom. The van der Waals surface area contributed by atoms with Crippen LogP contribution in [0.3, 0.4) is 0 Å². The molecule has 0 radical (unpaired) electrons. The molecule has 37 heavy (non-hydrogen) atoms. The first-order chi connectivity index (χ1) is 18.1. The van der Waals surface area contributed by atoms with E-state index < -0.39 is 5.97 Å². The van der Waals surface area contributed by atoms with Crippen molar-refractivity contribution in [2.75, 3.05) is 39.4 Å². The summed E-state index contributed by atoms with van der Waals surface area (Å²) in [6.07, 6.45) is 3.81. The van der Waals surface area contributed by atoms with Crippen LogP contribution in [0.5, 0.6) is 0 Å². The maximum atomic E-state index is 13.0. The summed E-state index contributed by atoms with van der Waals surface area (Å²) in [5.74, 6) is -0.940. The zero-order valence-electron chi connectivity index (χ0n) is 21.0. The highest BCUT2D eigenvalue weighted by molar-refractivity contribution is 6.05. The smallest absolute Gasteiger partial charge is 0.336 e. The highest BCUT2D eigenvalue weighted by atomic mass is 16.7. The van der Waals surface area contributed by atoms with Crippen LogP contribution in [0.2, 0.25) is 0 Å². The molecule has 2 aromatic carbocycles. The topological polar surface area (TPSA) is 92.2 Å². The van der Waals surface area contributed by atoms with E-state index in [4.69, 9.17) is 14.5 Å². The number of rotatable bonds is 9. The molecular weight excluding hydrogens is 470 g/mol. The van der Waals surface area contributed by atoms with Crippen LogP contribution in [0.25, 0.3) is 22.2 Å². The van der Waals surface area contributed by atoms with Crippen LogP contribution in [0, 0.1) is 0 Å². The predicted molar refractivity (Wildman–Crippen MR) is 140 cm³/mol. The molecule has 0 aliphatic carbocycles. The third kappa shape index (κ3) is 5.98. The Morgan fingerprint density at radius 3 is 2.65 bits per heavy atom. The molecule has 194 valence electrons. The number of benzene rings is 2. The summed E-state index contributed by atoms with van der Waals surface area (Å²) in [5, 5.41) is 10.8. The maximum absolute atomic E-state index is 13.0. The minimum atomic E-state index is -0.988. The van der Waals surface area contributed by atoms with E-state index in [1.54, 1.807) is 6.07 Å². The van der Waals surface area contributed by atoms with Crippen molar-refractivity contribution in [2.45, 2.75) is 38.5 Å². The van der Waals surface area contributed by atoms with Crippen LogP contribution in [0.15, 0.2) is 54.6 Å². The number of para-hydroxylation sites is 1. The quantitative estimate of drug-likeness (QED) is 0.438. The number of amides is 1.